The van der Waals surface area contributed by atoms with Crippen LogP contribution < -0.4 is 4.74 Å². The lowest BCUT2D eigenvalue weighted by Crippen LogP contribution is -2.62. The van der Waals surface area contributed by atoms with Gasteiger partial charge in [-0.25, -0.2) is 8.42 Å². The third-order valence-corrected chi connectivity index (χ3v) is 7.79. The Balaban J connectivity index is 1.37. The van der Waals surface area contributed by atoms with Crippen molar-refractivity contribution in [3.8, 4) is 22.9 Å². The first-order valence-electron chi connectivity index (χ1n) is 10.3. The monoisotopic (exact) mass is 421 g/mol. The number of ether oxygens (including phenoxy) is 1. The van der Waals surface area contributed by atoms with Gasteiger partial charge >= 0.3 is 0 Å². The summed E-state index contributed by atoms with van der Waals surface area (Å²) in [7, 11) is -3.38. The zero-order valence-corrected chi connectivity index (χ0v) is 17.4. The maximum Gasteiger partial charge on any atom is 0.256 e. The van der Waals surface area contributed by atoms with E-state index in [2.05, 4.69) is 15.4 Å². The molecule has 7 heteroatoms. The van der Waals surface area contributed by atoms with E-state index in [9.17, 15) is 13.7 Å². The van der Waals surface area contributed by atoms with Gasteiger partial charge in [0.15, 0.2) is 0 Å². The molecular formula is C23H23N3O3S. The Morgan fingerprint density at radius 1 is 1.13 bits per heavy atom. The maximum atomic E-state index is 12.1. The first-order valence-corrected chi connectivity index (χ1v) is 11.9. The third kappa shape index (κ3) is 3.25. The van der Waals surface area contributed by atoms with Crippen LogP contribution in [0.2, 0.25) is 0 Å². The summed E-state index contributed by atoms with van der Waals surface area (Å²) in [5.74, 6) is 1.56. The van der Waals surface area contributed by atoms with E-state index in [4.69, 9.17) is 4.74 Å². The molecule has 154 valence electrons. The van der Waals surface area contributed by atoms with Crippen LogP contribution in [0, 0.1) is 16.7 Å². The number of piperidine rings is 2. The van der Waals surface area contributed by atoms with Crippen molar-refractivity contribution < 1.29 is 13.2 Å². The Morgan fingerprint density at radius 3 is 2.60 bits per heavy atom. The fourth-order valence-electron chi connectivity index (χ4n) is 4.99. The lowest BCUT2D eigenvalue weighted by atomic mass is 9.67. The van der Waals surface area contributed by atoms with Gasteiger partial charge in [0.05, 0.1) is 22.8 Å². The number of rotatable bonds is 4. The molecule has 2 saturated heterocycles. The van der Waals surface area contributed by atoms with Gasteiger partial charge in [-0.15, -0.1) is 4.40 Å². The van der Waals surface area contributed by atoms with Crippen LogP contribution in [0.1, 0.15) is 31.2 Å². The Bertz CT molecular complexity index is 1140. The molecule has 30 heavy (non-hydrogen) atoms. The Labute approximate surface area is 176 Å². The minimum Gasteiger partial charge on any atom is -0.493 e. The zero-order valence-electron chi connectivity index (χ0n) is 16.6. The Hall–Kier alpha value is -2.85. The molecule has 4 aliphatic rings. The predicted molar refractivity (Wildman–Crippen MR) is 115 cm³/mol. The SMILES string of the molecule is N#Cc1ccccc1-c1ccc(OCC23CCC(CC2)N2CCS(=O)(=O)N=C23)cc1. The van der Waals surface area contributed by atoms with Crippen LogP contribution >= 0.6 is 0 Å². The van der Waals surface area contributed by atoms with Crippen molar-refractivity contribution in [2.45, 2.75) is 31.7 Å². The van der Waals surface area contributed by atoms with Gasteiger partial charge in [-0.2, -0.15) is 5.26 Å². The normalized spacial score (nSPS) is 26.4. The van der Waals surface area contributed by atoms with Crippen molar-refractivity contribution in [1.29, 1.82) is 5.26 Å². The quantitative estimate of drug-likeness (QED) is 0.753. The Morgan fingerprint density at radius 2 is 1.87 bits per heavy atom. The highest BCUT2D eigenvalue weighted by molar-refractivity contribution is 7.90. The number of sulfonamides is 1. The first kappa shape index (κ1) is 19.1. The minimum atomic E-state index is -3.38. The maximum absolute atomic E-state index is 12.1. The standard InChI is InChI=1S/C23H23N3O3S/c24-15-18-3-1-2-4-21(18)17-5-7-20(8-6-17)29-16-23-11-9-19(10-12-23)26-13-14-30(27,28)25-22(23)26/h1-8,19H,9-14,16H2. The molecule has 0 unspecified atom stereocenters. The second kappa shape index (κ2) is 7.13. The van der Waals surface area contributed by atoms with E-state index < -0.39 is 10.0 Å². The molecule has 3 heterocycles. The number of nitriles is 1. The largest absolute Gasteiger partial charge is 0.493 e. The van der Waals surface area contributed by atoms with E-state index in [1.54, 1.807) is 0 Å². The van der Waals surface area contributed by atoms with Crippen LogP contribution in [-0.4, -0.2) is 44.1 Å². The van der Waals surface area contributed by atoms with Crippen LogP contribution in [0.4, 0.5) is 0 Å². The third-order valence-electron chi connectivity index (χ3n) is 6.64. The van der Waals surface area contributed by atoms with Gasteiger partial charge in [0.2, 0.25) is 0 Å². The van der Waals surface area contributed by atoms with Crippen molar-refractivity contribution >= 4 is 15.9 Å². The van der Waals surface area contributed by atoms with Gasteiger partial charge in [-0.05, 0) is 55.0 Å². The van der Waals surface area contributed by atoms with Gasteiger partial charge < -0.3 is 9.64 Å². The van der Waals surface area contributed by atoms with Gasteiger partial charge in [-0.1, -0.05) is 30.3 Å². The lowest BCUT2D eigenvalue weighted by molar-refractivity contribution is 0.0657. The van der Waals surface area contributed by atoms with E-state index in [0.29, 0.717) is 24.8 Å². The van der Waals surface area contributed by atoms with Crippen molar-refractivity contribution in [2.24, 2.45) is 9.81 Å². The fraction of sp³-hybridized carbons (Fsp3) is 0.391. The molecule has 3 fully saturated rings. The number of fused-ring (bicyclic) bond motifs is 2. The van der Waals surface area contributed by atoms with E-state index in [1.165, 1.54) is 0 Å². The summed E-state index contributed by atoms with van der Waals surface area (Å²) >= 11 is 0. The molecule has 0 amide bonds. The number of hydrogen-bond acceptors (Lipinski definition) is 5. The summed E-state index contributed by atoms with van der Waals surface area (Å²) in [6, 6.07) is 17.9. The highest BCUT2D eigenvalue weighted by Crippen LogP contribution is 2.47. The molecule has 0 atom stereocenters. The highest BCUT2D eigenvalue weighted by atomic mass is 32.2. The van der Waals surface area contributed by atoms with E-state index in [-0.39, 0.29) is 11.2 Å². The van der Waals surface area contributed by atoms with Crippen LogP contribution in [0.5, 0.6) is 5.75 Å². The molecule has 0 spiro atoms. The van der Waals surface area contributed by atoms with Crippen molar-refractivity contribution in [3.05, 3.63) is 54.1 Å². The summed E-state index contributed by atoms with van der Waals surface area (Å²) in [6.45, 7) is 0.972. The van der Waals surface area contributed by atoms with E-state index in [1.807, 2.05) is 48.5 Å². The van der Waals surface area contributed by atoms with Gasteiger partial charge in [0.1, 0.15) is 18.2 Å². The summed E-state index contributed by atoms with van der Waals surface area (Å²) in [5, 5.41) is 9.32. The van der Waals surface area contributed by atoms with E-state index in [0.717, 1.165) is 48.4 Å². The average molecular weight is 422 g/mol. The number of hydrogen-bond donors (Lipinski definition) is 0. The Kier molecular flexibility index (Phi) is 4.55. The molecule has 2 aromatic rings. The van der Waals surface area contributed by atoms with E-state index >= 15 is 0 Å². The smallest absolute Gasteiger partial charge is 0.256 e. The second-order valence-electron chi connectivity index (χ2n) is 8.38. The zero-order chi connectivity index (χ0) is 20.8. The molecule has 6 nitrogen and oxygen atoms in total. The van der Waals surface area contributed by atoms with Crippen LogP contribution in [0.25, 0.3) is 11.1 Å². The van der Waals surface area contributed by atoms with Crippen LogP contribution in [-0.2, 0) is 10.0 Å². The van der Waals surface area contributed by atoms with Gasteiger partial charge in [0.25, 0.3) is 10.0 Å². The van der Waals surface area contributed by atoms with Gasteiger partial charge in [-0.3, -0.25) is 0 Å². The molecule has 6 rings (SSSR count). The predicted octanol–water partition coefficient (Wildman–Crippen LogP) is 3.59. The molecule has 1 saturated carbocycles. The lowest BCUT2D eigenvalue weighted by Gasteiger charge is -2.54. The molecule has 0 aromatic heterocycles. The number of nitrogens with zero attached hydrogens (tertiary/aromatic N) is 3. The molecule has 0 radical (unpaired) electrons. The van der Waals surface area contributed by atoms with Gasteiger partial charge in [0, 0.05) is 12.6 Å². The first-order chi connectivity index (χ1) is 14.5. The molecule has 0 N–H and O–H groups in total. The fourth-order valence-corrected chi connectivity index (χ4v) is 6.07. The highest BCUT2D eigenvalue weighted by Gasteiger charge is 2.52. The summed E-state index contributed by atoms with van der Waals surface area (Å²) in [5.41, 5.74) is 2.17. The molecule has 1 aliphatic carbocycles. The van der Waals surface area contributed by atoms with Crippen LogP contribution in [0.15, 0.2) is 52.9 Å². The molecular weight excluding hydrogens is 398 g/mol. The summed E-state index contributed by atoms with van der Waals surface area (Å²) < 4.78 is 34.6. The second-order valence-corrected chi connectivity index (χ2v) is 10.1. The number of amidine groups is 1. The average Bonchev–Trinajstić information content (AvgIpc) is 2.78. The minimum absolute atomic E-state index is 0.107. The van der Waals surface area contributed by atoms with Crippen molar-refractivity contribution in [1.82, 2.24) is 4.90 Å². The molecule has 3 aliphatic heterocycles. The molecule has 2 aromatic carbocycles. The van der Waals surface area contributed by atoms with Crippen LogP contribution in [0.3, 0.4) is 0 Å². The van der Waals surface area contributed by atoms with Crippen molar-refractivity contribution in [3.63, 3.8) is 0 Å². The van der Waals surface area contributed by atoms with Crippen molar-refractivity contribution in [2.75, 3.05) is 18.9 Å². The summed E-state index contributed by atoms with van der Waals surface area (Å²) in [4.78, 5) is 2.21. The topological polar surface area (TPSA) is 82.8 Å². The molecule has 2 bridgehead atoms. The summed E-state index contributed by atoms with van der Waals surface area (Å²) in [6.07, 6.45) is 3.95. The number of benzene rings is 2.